The van der Waals surface area contributed by atoms with Crippen LogP contribution in [0.4, 0.5) is 0 Å². The highest BCUT2D eigenvalue weighted by Gasteiger charge is 2.38. The zero-order valence-corrected chi connectivity index (χ0v) is 9.77. The van der Waals surface area contributed by atoms with Gasteiger partial charge >= 0.3 is 0 Å². The Morgan fingerprint density at radius 3 is 3.00 bits per heavy atom. The maximum absolute atomic E-state index is 11.5. The maximum atomic E-state index is 11.5. The van der Waals surface area contributed by atoms with Crippen molar-refractivity contribution in [2.75, 3.05) is 0 Å². The van der Waals surface area contributed by atoms with Crippen molar-refractivity contribution in [1.82, 2.24) is 9.97 Å². The van der Waals surface area contributed by atoms with Gasteiger partial charge in [0.25, 0.3) is 5.91 Å². The minimum atomic E-state index is -0.479. The minimum Gasteiger partial charge on any atom is -0.370 e. The molecule has 2 atom stereocenters. The van der Waals surface area contributed by atoms with Gasteiger partial charge in [0.05, 0.1) is 17.9 Å². The molecule has 0 aliphatic carbocycles. The normalized spacial score (nSPS) is 25.7. The Balaban J connectivity index is 2.18. The molecular formula is C12H15N3O2. The van der Waals surface area contributed by atoms with Crippen molar-refractivity contribution in [2.24, 2.45) is 5.73 Å². The van der Waals surface area contributed by atoms with Gasteiger partial charge in [-0.3, -0.25) is 4.79 Å². The van der Waals surface area contributed by atoms with Crippen LogP contribution in [0.1, 0.15) is 53.4 Å². The predicted molar refractivity (Wildman–Crippen MR) is 60.5 cm³/mol. The van der Waals surface area contributed by atoms with Gasteiger partial charge < -0.3 is 10.5 Å². The molecule has 2 bridgehead atoms. The molecule has 1 aromatic rings. The van der Waals surface area contributed by atoms with E-state index in [1.807, 2.05) is 6.92 Å². The second-order valence-corrected chi connectivity index (χ2v) is 4.59. The first-order valence-corrected chi connectivity index (χ1v) is 6.04. The van der Waals surface area contributed by atoms with Crippen molar-refractivity contribution in [3.05, 3.63) is 22.8 Å². The number of amides is 1. The number of hydrogen-bond acceptors (Lipinski definition) is 4. The lowest BCUT2D eigenvalue weighted by Gasteiger charge is -2.24. The smallest absolute Gasteiger partial charge is 0.267 e. The third kappa shape index (κ3) is 1.61. The number of carbonyl (C=O) groups excluding carboxylic acids is 1. The van der Waals surface area contributed by atoms with Crippen LogP contribution < -0.4 is 5.73 Å². The Bertz CT molecular complexity index is 487. The van der Waals surface area contributed by atoms with Crippen molar-refractivity contribution in [3.8, 4) is 0 Å². The Hall–Kier alpha value is -1.49. The number of primary amides is 1. The highest BCUT2D eigenvalue weighted by molar-refractivity contribution is 5.92. The van der Waals surface area contributed by atoms with Gasteiger partial charge in [0.2, 0.25) is 0 Å². The SMILES string of the molecule is CCc1nc2c(c(C(N)=O)n1)C1CCC(C2)O1. The Labute approximate surface area is 99.4 Å². The molecule has 5 heteroatoms. The van der Waals surface area contributed by atoms with Crippen LogP contribution in [-0.4, -0.2) is 22.0 Å². The molecule has 0 spiro atoms. The van der Waals surface area contributed by atoms with Crippen LogP contribution in [0, 0.1) is 0 Å². The monoisotopic (exact) mass is 233 g/mol. The first kappa shape index (κ1) is 10.7. The molecule has 1 aromatic heterocycles. The average molecular weight is 233 g/mol. The fourth-order valence-corrected chi connectivity index (χ4v) is 2.69. The fraction of sp³-hybridized carbons (Fsp3) is 0.583. The molecule has 2 unspecified atom stereocenters. The fourth-order valence-electron chi connectivity index (χ4n) is 2.69. The van der Waals surface area contributed by atoms with E-state index >= 15 is 0 Å². The lowest BCUT2D eigenvalue weighted by atomic mass is 10.0. The van der Waals surface area contributed by atoms with Crippen LogP contribution in [0.15, 0.2) is 0 Å². The lowest BCUT2D eigenvalue weighted by Crippen LogP contribution is -2.26. The van der Waals surface area contributed by atoms with E-state index in [1.54, 1.807) is 0 Å². The van der Waals surface area contributed by atoms with Crippen LogP contribution in [0.2, 0.25) is 0 Å². The van der Waals surface area contributed by atoms with Crippen LogP contribution in [0.25, 0.3) is 0 Å². The van der Waals surface area contributed by atoms with E-state index in [-0.39, 0.29) is 12.2 Å². The molecule has 17 heavy (non-hydrogen) atoms. The number of carbonyl (C=O) groups is 1. The maximum Gasteiger partial charge on any atom is 0.267 e. The molecule has 2 N–H and O–H groups in total. The Kier molecular flexibility index (Phi) is 2.36. The van der Waals surface area contributed by atoms with E-state index in [0.29, 0.717) is 17.9 Å². The number of aromatic nitrogens is 2. The number of rotatable bonds is 2. The molecule has 1 fully saturated rings. The molecule has 0 radical (unpaired) electrons. The first-order chi connectivity index (χ1) is 8.19. The second-order valence-electron chi connectivity index (χ2n) is 4.59. The summed E-state index contributed by atoms with van der Waals surface area (Å²) >= 11 is 0. The van der Waals surface area contributed by atoms with Crippen molar-refractivity contribution in [3.63, 3.8) is 0 Å². The van der Waals surface area contributed by atoms with E-state index in [0.717, 1.165) is 30.5 Å². The molecule has 2 aliphatic heterocycles. The van der Waals surface area contributed by atoms with E-state index < -0.39 is 5.91 Å². The van der Waals surface area contributed by atoms with Crippen molar-refractivity contribution in [2.45, 2.75) is 44.8 Å². The van der Waals surface area contributed by atoms with E-state index in [4.69, 9.17) is 10.5 Å². The van der Waals surface area contributed by atoms with Crippen molar-refractivity contribution in [1.29, 1.82) is 0 Å². The van der Waals surface area contributed by atoms with Gasteiger partial charge in [0, 0.05) is 18.4 Å². The second kappa shape index (κ2) is 3.77. The van der Waals surface area contributed by atoms with Gasteiger partial charge in [0.15, 0.2) is 0 Å². The summed E-state index contributed by atoms with van der Waals surface area (Å²) in [5, 5.41) is 0. The number of hydrogen-bond donors (Lipinski definition) is 1. The van der Waals surface area contributed by atoms with Crippen LogP contribution in [-0.2, 0) is 17.6 Å². The van der Waals surface area contributed by atoms with Crippen molar-refractivity contribution >= 4 is 5.91 Å². The molecule has 0 aromatic carbocycles. The highest BCUT2D eigenvalue weighted by Crippen LogP contribution is 2.41. The van der Waals surface area contributed by atoms with Gasteiger partial charge in [0.1, 0.15) is 11.5 Å². The largest absolute Gasteiger partial charge is 0.370 e. The number of aryl methyl sites for hydroxylation is 1. The molecule has 3 rings (SSSR count). The zero-order valence-electron chi connectivity index (χ0n) is 9.77. The van der Waals surface area contributed by atoms with Gasteiger partial charge in [-0.05, 0) is 12.8 Å². The van der Waals surface area contributed by atoms with Crippen molar-refractivity contribution < 1.29 is 9.53 Å². The standard InChI is InChI=1S/C12H15N3O2/c1-2-9-14-7-5-6-3-4-8(17-6)10(7)11(15-9)12(13)16/h6,8H,2-5H2,1H3,(H2,13,16). The van der Waals surface area contributed by atoms with E-state index in [2.05, 4.69) is 9.97 Å². The highest BCUT2D eigenvalue weighted by atomic mass is 16.5. The summed E-state index contributed by atoms with van der Waals surface area (Å²) in [6, 6.07) is 0. The summed E-state index contributed by atoms with van der Waals surface area (Å²) in [5.41, 5.74) is 7.56. The van der Waals surface area contributed by atoms with Crippen LogP contribution >= 0.6 is 0 Å². The summed E-state index contributed by atoms with van der Waals surface area (Å²) in [7, 11) is 0. The molecular weight excluding hydrogens is 218 g/mol. The quantitative estimate of drug-likeness (QED) is 0.823. The topological polar surface area (TPSA) is 78.1 Å². The summed E-state index contributed by atoms with van der Waals surface area (Å²) in [5.74, 6) is 0.214. The zero-order chi connectivity index (χ0) is 12.0. The van der Waals surface area contributed by atoms with Crippen LogP contribution in [0.5, 0.6) is 0 Å². The molecule has 1 saturated heterocycles. The number of nitrogens with two attached hydrogens (primary N) is 1. The summed E-state index contributed by atoms with van der Waals surface area (Å²) in [6.45, 7) is 1.97. The molecule has 90 valence electrons. The summed E-state index contributed by atoms with van der Waals surface area (Å²) in [4.78, 5) is 20.3. The Morgan fingerprint density at radius 1 is 1.47 bits per heavy atom. The van der Waals surface area contributed by atoms with Gasteiger partial charge in [-0.25, -0.2) is 9.97 Å². The first-order valence-electron chi connectivity index (χ1n) is 6.04. The predicted octanol–water partition coefficient (Wildman–Crippen LogP) is 0.914. The lowest BCUT2D eigenvalue weighted by molar-refractivity contribution is 0.0298. The Morgan fingerprint density at radius 2 is 2.29 bits per heavy atom. The molecule has 0 saturated carbocycles. The number of fused-ring (bicyclic) bond motifs is 4. The molecule has 5 nitrogen and oxygen atoms in total. The molecule has 3 heterocycles. The van der Waals surface area contributed by atoms with Gasteiger partial charge in [-0.2, -0.15) is 0 Å². The van der Waals surface area contributed by atoms with E-state index in [1.165, 1.54) is 0 Å². The van der Waals surface area contributed by atoms with Crippen LogP contribution in [0.3, 0.4) is 0 Å². The third-order valence-electron chi connectivity index (χ3n) is 3.47. The molecule has 1 amide bonds. The molecule has 2 aliphatic rings. The third-order valence-corrected chi connectivity index (χ3v) is 3.47. The van der Waals surface area contributed by atoms with E-state index in [9.17, 15) is 4.79 Å². The number of nitrogens with zero attached hydrogens (tertiary/aromatic N) is 2. The summed E-state index contributed by atoms with van der Waals surface area (Å²) < 4.78 is 5.80. The van der Waals surface area contributed by atoms with Gasteiger partial charge in [-0.15, -0.1) is 0 Å². The number of ether oxygens (including phenoxy) is 1. The summed E-state index contributed by atoms with van der Waals surface area (Å²) in [6.07, 6.45) is 3.68. The minimum absolute atomic E-state index is 0.0304. The average Bonchev–Trinajstić information content (AvgIpc) is 2.70. The van der Waals surface area contributed by atoms with Gasteiger partial charge in [-0.1, -0.05) is 6.92 Å².